The van der Waals surface area contributed by atoms with Gasteiger partial charge in [0, 0.05) is 37.7 Å². The van der Waals surface area contributed by atoms with E-state index in [4.69, 9.17) is 11.6 Å². The largest absolute Gasteiger partial charge is 0.389 e. The second kappa shape index (κ2) is 6.30. The molecule has 1 amide bonds. The number of carbonyl (C=O) groups is 1. The van der Waals surface area contributed by atoms with Gasteiger partial charge in [0.25, 0.3) is 5.91 Å². The quantitative estimate of drug-likeness (QED) is 0.928. The van der Waals surface area contributed by atoms with Crippen LogP contribution in [0.1, 0.15) is 24.2 Å². The summed E-state index contributed by atoms with van der Waals surface area (Å²) in [5.41, 5.74) is -0.746. The van der Waals surface area contributed by atoms with E-state index in [0.29, 0.717) is 37.7 Å². The Morgan fingerprint density at radius 3 is 2.52 bits per heavy atom. The lowest BCUT2D eigenvalue weighted by molar-refractivity contribution is 0.0178. The van der Waals surface area contributed by atoms with Crippen LogP contribution in [0.4, 0.5) is 4.39 Å². The molecule has 1 aliphatic heterocycles. The fraction of sp³-hybridized carbons (Fsp3) is 0.533. The standard InChI is InChI=1S/C15H20ClFN2O2/c1-15(2,21)10-18-5-7-19(8-6-18)14(20)12-9-11(16)3-4-13(12)17/h3-4,9,21H,5-8,10H2,1-2H3. The molecule has 6 heteroatoms. The van der Waals surface area contributed by atoms with Gasteiger partial charge in [0.15, 0.2) is 0 Å². The first kappa shape index (κ1) is 16.2. The Hall–Kier alpha value is -1.17. The van der Waals surface area contributed by atoms with E-state index in [-0.39, 0.29) is 11.5 Å². The molecule has 1 saturated heterocycles. The average molecular weight is 315 g/mol. The van der Waals surface area contributed by atoms with Crippen LogP contribution in [0.2, 0.25) is 5.02 Å². The van der Waals surface area contributed by atoms with Crippen LogP contribution in [0, 0.1) is 5.82 Å². The fourth-order valence-electron chi connectivity index (χ4n) is 2.49. The molecule has 0 atom stereocenters. The molecule has 116 valence electrons. The monoisotopic (exact) mass is 314 g/mol. The number of nitrogens with zero attached hydrogens (tertiary/aromatic N) is 2. The Morgan fingerprint density at radius 2 is 1.95 bits per heavy atom. The van der Waals surface area contributed by atoms with Gasteiger partial charge in [0.2, 0.25) is 0 Å². The zero-order valence-electron chi connectivity index (χ0n) is 12.3. The Morgan fingerprint density at radius 1 is 1.33 bits per heavy atom. The number of hydrogen-bond donors (Lipinski definition) is 1. The van der Waals surface area contributed by atoms with Gasteiger partial charge in [-0.05, 0) is 32.0 Å². The molecular formula is C15H20ClFN2O2. The summed E-state index contributed by atoms with van der Waals surface area (Å²) in [4.78, 5) is 16.0. The summed E-state index contributed by atoms with van der Waals surface area (Å²) in [5.74, 6) is -0.888. The molecule has 1 fully saturated rings. The van der Waals surface area contributed by atoms with Gasteiger partial charge < -0.3 is 10.0 Å². The number of amides is 1. The summed E-state index contributed by atoms with van der Waals surface area (Å²) in [6.45, 7) is 6.43. The minimum absolute atomic E-state index is 0.0124. The summed E-state index contributed by atoms with van der Waals surface area (Å²) < 4.78 is 13.7. The zero-order valence-corrected chi connectivity index (χ0v) is 13.0. The van der Waals surface area contributed by atoms with Crippen LogP contribution < -0.4 is 0 Å². The Kier molecular flexibility index (Phi) is 4.86. The van der Waals surface area contributed by atoms with Crippen LogP contribution in [-0.4, -0.2) is 59.1 Å². The molecule has 0 saturated carbocycles. The Balaban J connectivity index is 1.99. The topological polar surface area (TPSA) is 43.8 Å². The second-order valence-corrected chi connectivity index (χ2v) is 6.44. The van der Waals surface area contributed by atoms with Crippen molar-refractivity contribution in [3.63, 3.8) is 0 Å². The van der Waals surface area contributed by atoms with Crippen molar-refractivity contribution >= 4 is 17.5 Å². The van der Waals surface area contributed by atoms with E-state index in [1.807, 2.05) is 0 Å². The van der Waals surface area contributed by atoms with E-state index < -0.39 is 11.4 Å². The maximum absolute atomic E-state index is 13.7. The molecule has 2 rings (SSSR count). The number of rotatable bonds is 3. The molecule has 0 aromatic heterocycles. The third-order valence-electron chi connectivity index (χ3n) is 3.43. The molecular weight excluding hydrogens is 295 g/mol. The van der Waals surface area contributed by atoms with Crippen molar-refractivity contribution in [3.05, 3.63) is 34.6 Å². The minimum Gasteiger partial charge on any atom is -0.389 e. The van der Waals surface area contributed by atoms with Crippen molar-refractivity contribution in [3.8, 4) is 0 Å². The van der Waals surface area contributed by atoms with Crippen molar-refractivity contribution in [2.45, 2.75) is 19.4 Å². The summed E-state index contributed by atoms with van der Waals surface area (Å²) in [7, 11) is 0. The second-order valence-electron chi connectivity index (χ2n) is 6.00. The lowest BCUT2D eigenvalue weighted by atomic mass is 10.1. The van der Waals surface area contributed by atoms with E-state index in [1.54, 1.807) is 18.7 Å². The number of halogens is 2. The highest BCUT2D eigenvalue weighted by Gasteiger charge is 2.26. The van der Waals surface area contributed by atoms with Gasteiger partial charge in [-0.15, -0.1) is 0 Å². The number of hydrogen-bond acceptors (Lipinski definition) is 3. The van der Waals surface area contributed by atoms with Gasteiger partial charge >= 0.3 is 0 Å². The minimum atomic E-state index is -0.759. The molecule has 1 aliphatic rings. The normalized spacial score (nSPS) is 17.1. The van der Waals surface area contributed by atoms with Crippen molar-refractivity contribution in [2.75, 3.05) is 32.7 Å². The van der Waals surface area contributed by atoms with Gasteiger partial charge in [0.05, 0.1) is 11.2 Å². The number of piperazine rings is 1. The van der Waals surface area contributed by atoms with Gasteiger partial charge in [-0.3, -0.25) is 9.69 Å². The van der Waals surface area contributed by atoms with E-state index in [0.717, 1.165) is 0 Å². The summed E-state index contributed by atoms with van der Waals surface area (Å²) in [6.07, 6.45) is 0. The molecule has 0 radical (unpaired) electrons. The third-order valence-corrected chi connectivity index (χ3v) is 3.66. The van der Waals surface area contributed by atoms with Crippen molar-refractivity contribution in [2.24, 2.45) is 0 Å². The third kappa shape index (κ3) is 4.40. The van der Waals surface area contributed by atoms with E-state index in [1.165, 1.54) is 18.2 Å². The molecule has 4 nitrogen and oxygen atoms in total. The van der Waals surface area contributed by atoms with Gasteiger partial charge in [-0.2, -0.15) is 0 Å². The number of benzene rings is 1. The highest BCUT2D eigenvalue weighted by molar-refractivity contribution is 6.31. The van der Waals surface area contributed by atoms with Crippen molar-refractivity contribution < 1.29 is 14.3 Å². The van der Waals surface area contributed by atoms with Crippen molar-refractivity contribution in [1.82, 2.24) is 9.80 Å². The molecule has 21 heavy (non-hydrogen) atoms. The predicted octanol–water partition coefficient (Wildman–Crippen LogP) is 2.01. The Labute approximate surface area is 129 Å². The first-order valence-corrected chi connectivity index (χ1v) is 7.33. The summed E-state index contributed by atoms with van der Waals surface area (Å²) in [6, 6.07) is 4.00. The van der Waals surface area contributed by atoms with Crippen LogP contribution in [0.3, 0.4) is 0 Å². The van der Waals surface area contributed by atoms with Gasteiger partial charge in [-0.25, -0.2) is 4.39 Å². The van der Waals surface area contributed by atoms with Gasteiger partial charge in [-0.1, -0.05) is 11.6 Å². The lowest BCUT2D eigenvalue weighted by Crippen LogP contribution is -2.52. The lowest BCUT2D eigenvalue weighted by Gasteiger charge is -2.37. The smallest absolute Gasteiger partial charge is 0.256 e. The average Bonchev–Trinajstić information content (AvgIpc) is 2.40. The van der Waals surface area contributed by atoms with Crippen LogP contribution in [0.25, 0.3) is 0 Å². The first-order chi connectivity index (χ1) is 9.76. The fourth-order valence-corrected chi connectivity index (χ4v) is 2.66. The van der Waals surface area contributed by atoms with E-state index in [2.05, 4.69) is 4.90 Å². The van der Waals surface area contributed by atoms with Crippen LogP contribution >= 0.6 is 11.6 Å². The summed E-state index contributed by atoms with van der Waals surface area (Å²) in [5, 5.41) is 10.2. The molecule has 0 bridgehead atoms. The molecule has 0 aliphatic carbocycles. The highest BCUT2D eigenvalue weighted by Crippen LogP contribution is 2.18. The molecule has 1 aromatic rings. The molecule has 1 aromatic carbocycles. The SMILES string of the molecule is CC(C)(O)CN1CCN(C(=O)c2cc(Cl)ccc2F)CC1. The van der Waals surface area contributed by atoms with E-state index in [9.17, 15) is 14.3 Å². The zero-order chi connectivity index (χ0) is 15.6. The van der Waals surface area contributed by atoms with Gasteiger partial charge in [0.1, 0.15) is 5.82 Å². The number of β-amino-alcohol motifs (C(OH)–C–C–N with tert-alkyl or cyclic N) is 1. The summed E-state index contributed by atoms with van der Waals surface area (Å²) >= 11 is 5.82. The van der Waals surface area contributed by atoms with Crippen LogP contribution in [0.15, 0.2) is 18.2 Å². The molecule has 0 spiro atoms. The van der Waals surface area contributed by atoms with E-state index >= 15 is 0 Å². The first-order valence-electron chi connectivity index (χ1n) is 6.95. The van der Waals surface area contributed by atoms with Crippen LogP contribution in [-0.2, 0) is 0 Å². The highest BCUT2D eigenvalue weighted by atomic mass is 35.5. The molecule has 1 N–H and O–H groups in total. The van der Waals surface area contributed by atoms with Crippen LogP contribution in [0.5, 0.6) is 0 Å². The van der Waals surface area contributed by atoms with Crippen molar-refractivity contribution in [1.29, 1.82) is 0 Å². The maximum atomic E-state index is 13.7. The number of carbonyl (C=O) groups excluding carboxylic acids is 1. The predicted molar refractivity (Wildman–Crippen MR) is 80.1 cm³/mol. The molecule has 0 unspecified atom stereocenters. The Bertz CT molecular complexity index is 523. The number of aliphatic hydroxyl groups is 1. The maximum Gasteiger partial charge on any atom is 0.256 e. The molecule has 1 heterocycles.